The van der Waals surface area contributed by atoms with Gasteiger partial charge in [0.2, 0.25) is 5.89 Å². The molecule has 0 spiro atoms. The number of ether oxygens (including phenoxy) is 2. The van der Waals surface area contributed by atoms with Gasteiger partial charge in [-0.25, -0.2) is 9.78 Å². The molecule has 2 heterocycles. The van der Waals surface area contributed by atoms with Gasteiger partial charge in [0.05, 0.1) is 18.9 Å². The van der Waals surface area contributed by atoms with Crippen LogP contribution in [-0.2, 0) is 35.3 Å². The van der Waals surface area contributed by atoms with Crippen molar-refractivity contribution in [3.05, 3.63) is 69.0 Å². The maximum Gasteiger partial charge on any atom is 0.410 e. The van der Waals surface area contributed by atoms with Crippen LogP contribution in [0, 0.1) is 12.8 Å². The van der Waals surface area contributed by atoms with Crippen molar-refractivity contribution in [1.29, 1.82) is 0 Å². The van der Waals surface area contributed by atoms with Crippen molar-refractivity contribution in [3.63, 3.8) is 0 Å². The van der Waals surface area contributed by atoms with Gasteiger partial charge < -0.3 is 23.9 Å². The van der Waals surface area contributed by atoms with E-state index in [9.17, 15) is 14.7 Å². The lowest BCUT2D eigenvalue weighted by Crippen LogP contribution is -2.37. The predicted octanol–water partition coefficient (Wildman–Crippen LogP) is 6.20. The van der Waals surface area contributed by atoms with Gasteiger partial charge >= 0.3 is 12.1 Å². The average molecular weight is 585 g/mol. The van der Waals surface area contributed by atoms with Crippen LogP contribution < -0.4 is 4.74 Å². The van der Waals surface area contributed by atoms with E-state index in [1.54, 1.807) is 4.90 Å². The van der Waals surface area contributed by atoms with Crippen LogP contribution >= 0.6 is 15.9 Å². The first-order chi connectivity index (χ1) is 18.2. The lowest BCUT2D eigenvalue weighted by molar-refractivity contribution is -0.136. The first-order valence-electron chi connectivity index (χ1n) is 12.8. The molecule has 0 saturated carbocycles. The molecule has 1 amide bonds. The molecule has 0 atom stereocenters. The Labute approximate surface area is 231 Å². The zero-order valence-electron chi connectivity index (χ0n) is 22.0. The summed E-state index contributed by atoms with van der Waals surface area (Å²) < 4.78 is 18.5. The number of carbonyl (C=O) groups excluding carboxylic acids is 1. The number of benzene rings is 2. The standard InChI is InChI=1S/C29H33BrN2O6/c1-18(2)17-37-29(35)32-14-12-23-24(16-32)20(7-11-27(33)34)6-10-26(23)36-15-13-25-19(3)38-28(31-25)21-4-8-22(30)9-5-21/h4-6,8-10,18H,7,11-17H2,1-3H3,(H,33,34). The molecule has 9 heteroatoms. The topological polar surface area (TPSA) is 102 Å². The zero-order chi connectivity index (χ0) is 27.2. The predicted molar refractivity (Wildman–Crippen MR) is 146 cm³/mol. The van der Waals surface area contributed by atoms with Crippen LogP contribution in [0.1, 0.15) is 48.4 Å². The molecule has 2 aromatic carbocycles. The highest BCUT2D eigenvalue weighted by Crippen LogP contribution is 2.32. The van der Waals surface area contributed by atoms with Gasteiger partial charge in [-0.1, -0.05) is 35.8 Å². The van der Waals surface area contributed by atoms with Gasteiger partial charge in [-0.2, -0.15) is 0 Å². The van der Waals surface area contributed by atoms with Crippen LogP contribution in [0.2, 0.25) is 0 Å². The molecular weight excluding hydrogens is 552 g/mol. The van der Waals surface area contributed by atoms with E-state index in [2.05, 4.69) is 20.9 Å². The summed E-state index contributed by atoms with van der Waals surface area (Å²) in [5, 5.41) is 9.20. The number of oxazole rings is 1. The maximum absolute atomic E-state index is 12.6. The maximum atomic E-state index is 12.6. The van der Waals surface area contributed by atoms with Crippen LogP contribution in [0.15, 0.2) is 45.3 Å². The van der Waals surface area contributed by atoms with Gasteiger partial charge in [0.1, 0.15) is 11.5 Å². The number of hydrogen-bond donors (Lipinski definition) is 1. The number of aryl methyl sites for hydroxylation is 2. The Balaban J connectivity index is 1.47. The van der Waals surface area contributed by atoms with E-state index in [1.165, 1.54) is 0 Å². The number of aliphatic carboxylic acids is 1. The lowest BCUT2D eigenvalue weighted by atomic mass is 9.92. The summed E-state index contributed by atoms with van der Waals surface area (Å²) in [6.07, 6.45) is 1.26. The summed E-state index contributed by atoms with van der Waals surface area (Å²) in [6, 6.07) is 11.6. The highest BCUT2D eigenvalue weighted by Gasteiger charge is 2.27. The normalized spacial score (nSPS) is 12.9. The van der Waals surface area contributed by atoms with Crippen molar-refractivity contribution in [2.24, 2.45) is 5.92 Å². The third-order valence-corrected chi connectivity index (χ3v) is 6.98. The molecule has 0 bridgehead atoms. The Morgan fingerprint density at radius 3 is 2.61 bits per heavy atom. The Morgan fingerprint density at radius 2 is 1.89 bits per heavy atom. The van der Waals surface area contributed by atoms with Crippen LogP contribution in [0.4, 0.5) is 4.79 Å². The molecule has 1 aromatic heterocycles. The fraction of sp³-hybridized carbons (Fsp3) is 0.414. The number of halogens is 1. The number of hydrogen-bond acceptors (Lipinski definition) is 6. The molecule has 0 fully saturated rings. The van der Waals surface area contributed by atoms with E-state index >= 15 is 0 Å². The fourth-order valence-corrected chi connectivity index (χ4v) is 4.70. The van der Waals surface area contributed by atoms with Crippen molar-refractivity contribution in [2.75, 3.05) is 19.8 Å². The second kappa shape index (κ2) is 12.5. The van der Waals surface area contributed by atoms with Crippen molar-refractivity contribution in [3.8, 4) is 17.2 Å². The van der Waals surface area contributed by atoms with Gasteiger partial charge in [0.15, 0.2) is 0 Å². The van der Waals surface area contributed by atoms with Crippen molar-refractivity contribution < 1.29 is 28.6 Å². The van der Waals surface area contributed by atoms with Gasteiger partial charge in [0, 0.05) is 41.5 Å². The molecule has 1 aliphatic heterocycles. The number of carbonyl (C=O) groups is 2. The number of rotatable bonds is 10. The van der Waals surface area contributed by atoms with Gasteiger partial charge in [-0.15, -0.1) is 0 Å². The minimum Gasteiger partial charge on any atom is -0.493 e. The Hall–Kier alpha value is -3.33. The molecule has 202 valence electrons. The SMILES string of the molecule is Cc1oc(-c2ccc(Br)cc2)nc1CCOc1ccc(CCC(=O)O)c2c1CCN(C(=O)OCC(C)C)C2. The summed E-state index contributed by atoms with van der Waals surface area (Å²) in [7, 11) is 0. The van der Waals surface area contributed by atoms with Crippen LogP contribution in [0.3, 0.4) is 0 Å². The number of carboxylic acid groups (broad SMARTS) is 1. The molecule has 3 aromatic rings. The van der Waals surface area contributed by atoms with Gasteiger partial charge in [-0.05, 0) is 67.1 Å². The van der Waals surface area contributed by atoms with Crippen LogP contribution in [-0.4, -0.2) is 46.8 Å². The molecule has 38 heavy (non-hydrogen) atoms. The summed E-state index contributed by atoms with van der Waals surface area (Å²) in [6.45, 7) is 7.55. The van der Waals surface area contributed by atoms with Crippen LogP contribution in [0.5, 0.6) is 5.75 Å². The fourth-order valence-electron chi connectivity index (χ4n) is 4.44. The summed E-state index contributed by atoms with van der Waals surface area (Å²) in [5.41, 5.74) is 4.64. The monoisotopic (exact) mass is 584 g/mol. The molecule has 0 aliphatic carbocycles. The molecule has 0 radical (unpaired) electrons. The third kappa shape index (κ3) is 6.95. The number of fused-ring (bicyclic) bond motifs is 1. The molecular formula is C29H33BrN2O6. The molecule has 1 aliphatic rings. The first kappa shape index (κ1) is 27.7. The largest absolute Gasteiger partial charge is 0.493 e. The number of nitrogens with zero attached hydrogens (tertiary/aromatic N) is 2. The highest BCUT2D eigenvalue weighted by molar-refractivity contribution is 9.10. The molecule has 0 unspecified atom stereocenters. The molecule has 4 rings (SSSR count). The van der Waals surface area contributed by atoms with E-state index < -0.39 is 5.97 Å². The van der Waals surface area contributed by atoms with E-state index in [0.29, 0.717) is 51.5 Å². The Morgan fingerprint density at radius 1 is 1.13 bits per heavy atom. The Kier molecular flexibility index (Phi) is 9.09. The second-order valence-electron chi connectivity index (χ2n) is 9.84. The van der Waals surface area contributed by atoms with E-state index in [1.807, 2.05) is 57.2 Å². The minimum absolute atomic E-state index is 0.0244. The molecule has 8 nitrogen and oxygen atoms in total. The summed E-state index contributed by atoms with van der Waals surface area (Å²) in [4.78, 5) is 30.2. The van der Waals surface area contributed by atoms with E-state index in [0.717, 1.165) is 43.9 Å². The highest BCUT2D eigenvalue weighted by atomic mass is 79.9. The van der Waals surface area contributed by atoms with Crippen molar-refractivity contribution in [1.82, 2.24) is 9.88 Å². The Bertz CT molecular complexity index is 1280. The van der Waals surface area contributed by atoms with Crippen LogP contribution in [0.25, 0.3) is 11.5 Å². The van der Waals surface area contributed by atoms with Crippen molar-refractivity contribution >= 4 is 28.0 Å². The smallest absolute Gasteiger partial charge is 0.410 e. The molecule has 0 saturated heterocycles. The quantitative estimate of drug-likeness (QED) is 0.302. The van der Waals surface area contributed by atoms with E-state index in [4.69, 9.17) is 13.9 Å². The third-order valence-electron chi connectivity index (χ3n) is 6.45. The van der Waals surface area contributed by atoms with Crippen molar-refractivity contribution in [2.45, 2.75) is 53.0 Å². The number of amides is 1. The first-order valence-corrected chi connectivity index (χ1v) is 13.6. The lowest BCUT2D eigenvalue weighted by Gasteiger charge is -2.31. The van der Waals surface area contributed by atoms with E-state index in [-0.39, 0.29) is 18.4 Å². The molecule has 1 N–H and O–H groups in total. The minimum atomic E-state index is -0.853. The number of aromatic nitrogens is 1. The van der Waals surface area contributed by atoms with Gasteiger partial charge in [-0.3, -0.25) is 4.79 Å². The number of carboxylic acids is 1. The van der Waals surface area contributed by atoms with Gasteiger partial charge in [0.25, 0.3) is 0 Å². The second-order valence-corrected chi connectivity index (χ2v) is 10.8. The average Bonchev–Trinajstić information content (AvgIpc) is 3.26. The zero-order valence-corrected chi connectivity index (χ0v) is 23.5. The summed E-state index contributed by atoms with van der Waals surface area (Å²) in [5.74, 6) is 1.49. The summed E-state index contributed by atoms with van der Waals surface area (Å²) >= 11 is 3.44.